The number of alkyl halides is 3. The third-order valence-corrected chi connectivity index (χ3v) is 3.91. The summed E-state index contributed by atoms with van der Waals surface area (Å²) in [5.74, 6) is -0.914. The zero-order chi connectivity index (χ0) is 18.1. The zero-order valence-electron chi connectivity index (χ0n) is 13.5. The number of benzene rings is 1. The van der Waals surface area contributed by atoms with Crippen LogP contribution in [-0.4, -0.2) is 38.8 Å². The van der Waals surface area contributed by atoms with Crippen LogP contribution in [0.5, 0.6) is 0 Å². The van der Waals surface area contributed by atoms with Gasteiger partial charge in [-0.3, -0.25) is 9.69 Å². The van der Waals surface area contributed by atoms with Crippen LogP contribution in [0.15, 0.2) is 30.5 Å². The van der Waals surface area contributed by atoms with E-state index in [-0.39, 0.29) is 0 Å². The van der Waals surface area contributed by atoms with E-state index in [1.165, 1.54) is 10.9 Å². The Kier molecular flexibility index (Phi) is 4.98. The molecule has 0 aliphatic carbocycles. The molecule has 130 valence electrons. The number of hydrogen-bond acceptors (Lipinski definition) is 3. The Bertz CT molecular complexity index is 740. The molecule has 24 heavy (non-hydrogen) atoms. The summed E-state index contributed by atoms with van der Waals surface area (Å²) >= 11 is 0. The van der Waals surface area contributed by atoms with Crippen LogP contribution < -0.4 is 0 Å². The molecule has 1 aromatic heterocycles. The van der Waals surface area contributed by atoms with Gasteiger partial charge in [0.25, 0.3) is 0 Å². The fourth-order valence-corrected chi connectivity index (χ4v) is 2.21. The molecular formula is C16H18F3N3O2. The molecular weight excluding hydrogens is 323 g/mol. The molecule has 2 rings (SSSR count). The standard InChI is InChI=1S/C16H18F3N3O2/c1-10-8-13(22-7-6-14(20-22)16(17,18)19)5-4-12(10)9-21(3)11(2)15(23)24/h4-8,11H,9H2,1-3H3,(H,23,24). The summed E-state index contributed by atoms with van der Waals surface area (Å²) in [5.41, 5.74) is 1.32. The van der Waals surface area contributed by atoms with Gasteiger partial charge < -0.3 is 5.11 Å². The highest BCUT2D eigenvalue weighted by Gasteiger charge is 2.33. The fraction of sp³-hybridized carbons (Fsp3) is 0.375. The van der Waals surface area contributed by atoms with Crippen molar-refractivity contribution in [2.45, 2.75) is 32.6 Å². The lowest BCUT2D eigenvalue weighted by atomic mass is 10.1. The van der Waals surface area contributed by atoms with Crippen LogP contribution in [0, 0.1) is 6.92 Å². The topological polar surface area (TPSA) is 58.4 Å². The fourth-order valence-electron chi connectivity index (χ4n) is 2.21. The van der Waals surface area contributed by atoms with E-state index in [0.717, 1.165) is 17.2 Å². The van der Waals surface area contributed by atoms with Crippen molar-refractivity contribution in [2.24, 2.45) is 0 Å². The van der Waals surface area contributed by atoms with Gasteiger partial charge in [0.2, 0.25) is 0 Å². The lowest BCUT2D eigenvalue weighted by molar-refractivity contribution is -0.142. The second-order valence-electron chi connectivity index (χ2n) is 5.68. The summed E-state index contributed by atoms with van der Waals surface area (Å²) in [6.07, 6.45) is -3.22. The van der Waals surface area contributed by atoms with Crippen LogP contribution in [0.1, 0.15) is 23.7 Å². The first-order chi connectivity index (χ1) is 11.1. The summed E-state index contributed by atoms with van der Waals surface area (Å²) < 4.78 is 39.0. The first kappa shape index (κ1) is 18.0. The Hall–Kier alpha value is -2.35. The molecule has 0 amide bonds. The molecule has 0 aliphatic heterocycles. The van der Waals surface area contributed by atoms with Gasteiger partial charge in [-0.15, -0.1) is 0 Å². The SMILES string of the molecule is Cc1cc(-n2ccc(C(F)(F)F)n2)ccc1CN(C)C(C)C(=O)O. The van der Waals surface area contributed by atoms with Crippen molar-refractivity contribution in [2.75, 3.05) is 7.05 Å². The summed E-state index contributed by atoms with van der Waals surface area (Å²) in [5, 5.41) is 12.6. The highest BCUT2D eigenvalue weighted by molar-refractivity contribution is 5.72. The Morgan fingerprint density at radius 3 is 2.54 bits per heavy atom. The van der Waals surface area contributed by atoms with E-state index in [2.05, 4.69) is 5.10 Å². The molecule has 1 unspecified atom stereocenters. The largest absolute Gasteiger partial charge is 0.480 e. The van der Waals surface area contributed by atoms with E-state index in [4.69, 9.17) is 5.11 Å². The van der Waals surface area contributed by atoms with Crippen LogP contribution in [0.3, 0.4) is 0 Å². The number of aliphatic carboxylic acids is 1. The minimum absolute atomic E-state index is 0.423. The van der Waals surface area contributed by atoms with E-state index in [1.807, 2.05) is 6.92 Å². The van der Waals surface area contributed by atoms with Gasteiger partial charge >= 0.3 is 12.1 Å². The molecule has 0 aliphatic rings. The minimum atomic E-state index is -4.48. The van der Waals surface area contributed by atoms with Crippen molar-refractivity contribution in [1.29, 1.82) is 0 Å². The first-order valence-electron chi connectivity index (χ1n) is 7.25. The molecule has 0 bridgehead atoms. The van der Waals surface area contributed by atoms with E-state index in [9.17, 15) is 18.0 Å². The summed E-state index contributed by atoms with van der Waals surface area (Å²) in [4.78, 5) is 12.7. The van der Waals surface area contributed by atoms with Crippen LogP contribution in [0.4, 0.5) is 13.2 Å². The predicted octanol–water partition coefficient (Wildman–Crippen LogP) is 3.10. The van der Waals surface area contributed by atoms with Gasteiger partial charge in [0, 0.05) is 12.7 Å². The number of rotatable bonds is 5. The van der Waals surface area contributed by atoms with Crippen molar-refractivity contribution < 1.29 is 23.1 Å². The molecule has 1 N–H and O–H groups in total. The Balaban J connectivity index is 2.21. The van der Waals surface area contributed by atoms with Gasteiger partial charge in [-0.1, -0.05) is 6.07 Å². The minimum Gasteiger partial charge on any atom is -0.480 e. The van der Waals surface area contributed by atoms with Gasteiger partial charge in [0.1, 0.15) is 6.04 Å². The molecule has 0 radical (unpaired) electrons. The van der Waals surface area contributed by atoms with Gasteiger partial charge in [-0.2, -0.15) is 18.3 Å². The first-order valence-corrected chi connectivity index (χ1v) is 7.25. The highest BCUT2D eigenvalue weighted by atomic mass is 19.4. The molecule has 1 aromatic carbocycles. The molecule has 1 atom stereocenters. The summed E-state index contributed by atoms with van der Waals surface area (Å²) in [6.45, 7) is 3.84. The number of halogens is 3. The zero-order valence-corrected chi connectivity index (χ0v) is 13.5. The lowest BCUT2D eigenvalue weighted by Crippen LogP contribution is -2.35. The maximum Gasteiger partial charge on any atom is 0.435 e. The molecule has 2 aromatic rings. The third kappa shape index (κ3) is 3.94. The van der Waals surface area contributed by atoms with Gasteiger partial charge in [0.05, 0.1) is 5.69 Å². The number of likely N-dealkylation sites (N-methyl/N-ethyl adjacent to an activating group) is 1. The van der Waals surface area contributed by atoms with Crippen molar-refractivity contribution >= 4 is 5.97 Å². The molecule has 1 heterocycles. The Morgan fingerprint density at radius 1 is 1.38 bits per heavy atom. The third-order valence-electron chi connectivity index (χ3n) is 3.91. The van der Waals surface area contributed by atoms with Crippen molar-refractivity contribution in [3.63, 3.8) is 0 Å². The van der Waals surface area contributed by atoms with E-state index in [0.29, 0.717) is 12.2 Å². The van der Waals surface area contributed by atoms with Crippen molar-refractivity contribution in [3.8, 4) is 5.69 Å². The van der Waals surface area contributed by atoms with Crippen LogP contribution in [0.25, 0.3) is 5.69 Å². The molecule has 0 saturated carbocycles. The number of nitrogens with zero attached hydrogens (tertiary/aromatic N) is 3. The van der Waals surface area contributed by atoms with E-state index < -0.39 is 23.9 Å². The number of carboxylic acids is 1. The van der Waals surface area contributed by atoms with E-state index in [1.54, 1.807) is 37.1 Å². The van der Waals surface area contributed by atoms with Crippen LogP contribution >= 0.6 is 0 Å². The van der Waals surface area contributed by atoms with Gasteiger partial charge in [0.15, 0.2) is 5.69 Å². The highest BCUT2D eigenvalue weighted by Crippen LogP contribution is 2.28. The average Bonchev–Trinajstić information content (AvgIpc) is 2.98. The maximum absolute atomic E-state index is 12.6. The van der Waals surface area contributed by atoms with E-state index >= 15 is 0 Å². The van der Waals surface area contributed by atoms with Gasteiger partial charge in [-0.25, -0.2) is 4.68 Å². The summed E-state index contributed by atoms with van der Waals surface area (Å²) in [7, 11) is 1.70. The van der Waals surface area contributed by atoms with Crippen LogP contribution in [0.2, 0.25) is 0 Å². The summed E-state index contributed by atoms with van der Waals surface area (Å²) in [6, 6.07) is 5.44. The Morgan fingerprint density at radius 2 is 2.04 bits per heavy atom. The quantitative estimate of drug-likeness (QED) is 0.908. The van der Waals surface area contributed by atoms with Crippen molar-refractivity contribution in [3.05, 3.63) is 47.3 Å². The number of carbonyl (C=O) groups is 1. The molecule has 5 nitrogen and oxygen atoms in total. The second kappa shape index (κ2) is 6.64. The smallest absolute Gasteiger partial charge is 0.435 e. The van der Waals surface area contributed by atoms with Crippen LogP contribution in [-0.2, 0) is 17.5 Å². The number of aromatic nitrogens is 2. The number of hydrogen-bond donors (Lipinski definition) is 1. The molecule has 0 saturated heterocycles. The maximum atomic E-state index is 12.6. The number of carboxylic acid groups (broad SMARTS) is 1. The number of aryl methyl sites for hydroxylation is 1. The monoisotopic (exact) mass is 341 g/mol. The predicted molar refractivity (Wildman–Crippen MR) is 81.9 cm³/mol. The molecule has 0 fully saturated rings. The van der Waals surface area contributed by atoms with Gasteiger partial charge in [-0.05, 0) is 50.2 Å². The molecule has 0 spiro atoms. The van der Waals surface area contributed by atoms with Crippen molar-refractivity contribution in [1.82, 2.24) is 14.7 Å². The normalized spacial score (nSPS) is 13.3. The Labute approximate surface area is 137 Å². The molecule has 8 heteroatoms. The second-order valence-corrected chi connectivity index (χ2v) is 5.68. The average molecular weight is 341 g/mol. The lowest BCUT2D eigenvalue weighted by Gasteiger charge is -2.22.